The van der Waals surface area contributed by atoms with Gasteiger partial charge in [0.25, 0.3) is 5.91 Å². The quantitative estimate of drug-likeness (QED) is 0.671. The SMILES string of the molecule is CC1(c2ccccc2Oc2ccc(O)cc2)OC(=O)N(Nc2ccccc2)C1=O. The minimum atomic E-state index is -1.56. The highest BCUT2D eigenvalue weighted by Gasteiger charge is 2.53. The van der Waals surface area contributed by atoms with Crippen LogP contribution in [0.4, 0.5) is 10.5 Å². The van der Waals surface area contributed by atoms with Crippen LogP contribution >= 0.6 is 0 Å². The van der Waals surface area contributed by atoms with Gasteiger partial charge in [-0.15, -0.1) is 5.01 Å². The van der Waals surface area contributed by atoms with Crippen molar-refractivity contribution in [2.75, 3.05) is 5.43 Å². The molecule has 3 aromatic carbocycles. The average Bonchev–Trinajstić information content (AvgIpc) is 2.95. The summed E-state index contributed by atoms with van der Waals surface area (Å²) < 4.78 is 11.4. The van der Waals surface area contributed by atoms with Crippen molar-refractivity contribution in [2.24, 2.45) is 0 Å². The molecule has 2 N–H and O–H groups in total. The number of benzene rings is 3. The first-order valence-electron chi connectivity index (χ1n) is 8.93. The number of cyclic esters (lactones) is 1. The summed E-state index contributed by atoms with van der Waals surface area (Å²) in [5, 5.41) is 10.3. The first kappa shape index (κ1) is 18.4. The van der Waals surface area contributed by atoms with Crippen LogP contribution in [0.15, 0.2) is 78.9 Å². The number of aromatic hydroxyl groups is 1. The molecule has 146 valence electrons. The number of nitrogens with zero attached hydrogens (tertiary/aromatic N) is 1. The number of phenols is 1. The number of rotatable bonds is 5. The number of hydrazine groups is 1. The van der Waals surface area contributed by atoms with E-state index in [1.807, 2.05) is 6.07 Å². The molecule has 1 unspecified atom stereocenters. The van der Waals surface area contributed by atoms with Crippen molar-refractivity contribution in [3.63, 3.8) is 0 Å². The number of amides is 2. The lowest BCUT2D eigenvalue weighted by Gasteiger charge is -2.23. The molecule has 1 aliphatic heterocycles. The van der Waals surface area contributed by atoms with Crippen molar-refractivity contribution >= 4 is 17.7 Å². The molecule has 3 aromatic rings. The molecule has 1 fully saturated rings. The molecule has 0 aliphatic carbocycles. The Morgan fingerprint density at radius 2 is 1.59 bits per heavy atom. The summed E-state index contributed by atoms with van der Waals surface area (Å²) in [7, 11) is 0. The third-order valence-corrected chi connectivity index (χ3v) is 4.57. The van der Waals surface area contributed by atoms with Crippen LogP contribution in [0.1, 0.15) is 12.5 Å². The number of imide groups is 1. The van der Waals surface area contributed by atoms with E-state index in [0.29, 0.717) is 22.7 Å². The number of phenolic OH excluding ortho intramolecular Hbond substituents is 1. The molecular formula is C22H18N2O5. The number of anilines is 1. The van der Waals surface area contributed by atoms with E-state index in [2.05, 4.69) is 5.43 Å². The van der Waals surface area contributed by atoms with Crippen LogP contribution in [0.25, 0.3) is 0 Å². The van der Waals surface area contributed by atoms with Gasteiger partial charge in [-0.3, -0.25) is 10.2 Å². The lowest BCUT2D eigenvalue weighted by atomic mass is 9.94. The van der Waals surface area contributed by atoms with Gasteiger partial charge in [-0.2, -0.15) is 0 Å². The van der Waals surface area contributed by atoms with Crippen molar-refractivity contribution in [1.29, 1.82) is 0 Å². The molecule has 29 heavy (non-hydrogen) atoms. The van der Waals surface area contributed by atoms with Gasteiger partial charge in [-0.1, -0.05) is 36.4 Å². The zero-order valence-corrected chi connectivity index (χ0v) is 15.5. The summed E-state index contributed by atoms with van der Waals surface area (Å²) in [5.41, 5.74) is 2.20. The maximum atomic E-state index is 13.1. The van der Waals surface area contributed by atoms with Crippen molar-refractivity contribution in [1.82, 2.24) is 5.01 Å². The maximum Gasteiger partial charge on any atom is 0.437 e. The zero-order valence-electron chi connectivity index (χ0n) is 15.5. The van der Waals surface area contributed by atoms with Gasteiger partial charge in [0.15, 0.2) is 0 Å². The minimum absolute atomic E-state index is 0.111. The highest BCUT2D eigenvalue weighted by atomic mass is 16.6. The molecule has 0 radical (unpaired) electrons. The Morgan fingerprint density at radius 1 is 0.931 bits per heavy atom. The first-order valence-corrected chi connectivity index (χ1v) is 8.93. The third kappa shape index (κ3) is 3.45. The van der Waals surface area contributed by atoms with Gasteiger partial charge in [0.2, 0.25) is 5.60 Å². The number of hydrogen-bond acceptors (Lipinski definition) is 6. The van der Waals surface area contributed by atoms with Crippen LogP contribution in [0, 0.1) is 0 Å². The van der Waals surface area contributed by atoms with Crippen LogP contribution in [0.3, 0.4) is 0 Å². The van der Waals surface area contributed by atoms with Gasteiger partial charge in [0.05, 0.1) is 5.69 Å². The molecule has 1 atom stereocenters. The molecule has 2 amide bonds. The number of hydrogen-bond donors (Lipinski definition) is 2. The molecule has 0 spiro atoms. The Hall–Kier alpha value is -4.00. The molecule has 0 saturated carbocycles. The molecule has 7 nitrogen and oxygen atoms in total. The van der Waals surface area contributed by atoms with Gasteiger partial charge in [-0.05, 0) is 49.4 Å². The van der Waals surface area contributed by atoms with Crippen molar-refractivity contribution < 1.29 is 24.2 Å². The van der Waals surface area contributed by atoms with Crippen molar-refractivity contribution in [2.45, 2.75) is 12.5 Å². The molecule has 4 rings (SSSR count). The van der Waals surface area contributed by atoms with Crippen LogP contribution in [-0.2, 0) is 15.1 Å². The Kier molecular flexibility index (Phi) is 4.56. The van der Waals surface area contributed by atoms with E-state index in [1.165, 1.54) is 19.1 Å². The average molecular weight is 390 g/mol. The van der Waals surface area contributed by atoms with Crippen molar-refractivity contribution in [3.8, 4) is 17.2 Å². The van der Waals surface area contributed by atoms with Gasteiger partial charge < -0.3 is 14.6 Å². The molecule has 1 aliphatic rings. The summed E-state index contributed by atoms with van der Waals surface area (Å²) in [6.45, 7) is 1.53. The topological polar surface area (TPSA) is 88.1 Å². The monoisotopic (exact) mass is 390 g/mol. The first-order chi connectivity index (χ1) is 14.0. The predicted molar refractivity (Wildman–Crippen MR) is 105 cm³/mol. The number of carbonyl (C=O) groups excluding carboxylic acids is 2. The van der Waals surface area contributed by atoms with E-state index in [-0.39, 0.29) is 5.75 Å². The Bertz CT molecular complexity index is 1050. The standard InChI is InChI=1S/C22H18N2O5/c1-22(20(26)24(21(27)29-22)23-15-7-3-2-4-8-15)18-9-5-6-10-19(18)28-17-13-11-16(25)12-14-17/h2-14,23,25H,1H3. The van der Waals surface area contributed by atoms with Crippen LogP contribution in [0.5, 0.6) is 17.2 Å². The lowest BCUT2D eigenvalue weighted by Crippen LogP contribution is -2.40. The fraction of sp³-hybridized carbons (Fsp3) is 0.0909. The second-order valence-electron chi connectivity index (χ2n) is 6.61. The Labute approximate surface area is 167 Å². The van der Waals surface area contributed by atoms with Gasteiger partial charge in [0, 0.05) is 5.56 Å². The Balaban J connectivity index is 1.65. The number of nitrogens with one attached hydrogen (secondary N) is 1. The van der Waals surface area contributed by atoms with Gasteiger partial charge in [-0.25, -0.2) is 4.79 Å². The smallest absolute Gasteiger partial charge is 0.437 e. The zero-order chi connectivity index (χ0) is 20.4. The summed E-state index contributed by atoms with van der Waals surface area (Å²) in [6, 6.07) is 21.9. The van der Waals surface area contributed by atoms with E-state index in [9.17, 15) is 14.7 Å². The summed E-state index contributed by atoms with van der Waals surface area (Å²) >= 11 is 0. The second-order valence-corrected chi connectivity index (χ2v) is 6.61. The maximum absolute atomic E-state index is 13.1. The lowest BCUT2D eigenvalue weighted by molar-refractivity contribution is -0.135. The molecule has 1 heterocycles. The number of para-hydroxylation sites is 2. The highest BCUT2D eigenvalue weighted by molar-refractivity contribution is 6.04. The Morgan fingerprint density at radius 3 is 2.31 bits per heavy atom. The van der Waals surface area contributed by atoms with E-state index in [4.69, 9.17) is 9.47 Å². The minimum Gasteiger partial charge on any atom is -0.508 e. The molecule has 0 bridgehead atoms. The van der Waals surface area contributed by atoms with E-state index in [1.54, 1.807) is 60.7 Å². The number of carbonyl (C=O) groups is 2. The van der Waals surface area contributed by atoms with Crippen LogP contribution in [-0.4, -0.2) is 22.1 Å². The van der Waals surface area contributed by atoms with Crippen molar-refractivity contribution in [3.05, 3.63) is 84.4 Å². The fourth-order valence-corrected chi connectivity index (χ4v) is 3.06. The predicted octanol–water partition coefficient (Wildman–Crippen LogP) is 4.41. The fourth-order valence-electron chi connectivity index (χ4n) is 3.06. The molecule has 7 heteroatoms. The summed E-state index contributed by atoms with van der Waals surface area (Å²) in [4.78, 5) is 25.6. The van der Waals surface area contributed by atoms with Crippen LogP contribution in [0.2, 0.25) is 0 Å². The van der Waals surface area contributed by atoms with Gasteiger partial charge >= 0.3 is 6.09 Å². The normalized spacial score (nSPS) is 18.4. The third-order valence-electron chi connectivity index (χ3n) is 4.57. The highest BCUT2D eigenvalue weighted by Crippen LogP contribution is 2.40. The molecular weight excluding hydrogens is 372 g/mol. The largest absolute Gasteiger partial charge is 0.508 e. The van der Waals surface area contributed by atoms with Crippen LogP contribution < -0.4 is 10.2 Å². The van der Waals surface area contributed by atoms with E-state index < -0.39 is 17.6 Å². The van der Waals surface area contributed by atoms with E-state index >= 15 is 0 Å². The van der Waals surface area contributed by atoms with Gasteiger partial charge in [0.1, 0.15) is 17.2 Å². The summed E-state index contributed by atoms with van der Waals surface area (Å²) in [6.07, 6.45) is -0.805. The number of ether oxygens (including phenoxy) is 2. The second kappa shape index (κ2) is 7.20. The summed E-state index contributed by atoms with van der Waals surface area (Å²) in [5.74, 6) is 0.381. The molecule has 1 saturated heterocycles. The van der Waals surface area contributed by atoms with E-state index in [0.717, 1.165) is 5.01 Å². The molecule has 0 aromatic heterocycles.